The van der Waals surface area contributed by atoms with Crippen LogP contribution in [-0.2, 0) is 11.2 Å². The van der Waals surface area contributed by atoms with Crippen molar-refractivity contribution in [2.24, 2.45) is 5.84 Å². The molecule has 2 unspecified atom stereocenters. The summed E-state index contributed by atoms with van der Waals surface area (Å²) in [6.07, 6.45) is 6.83. The highest BCUT2D eigenvalue weighted by Gasteiger charge is 2.35. The van der Waals surface area contributed by atoms with Crippen molar-refractivity contribution in [1.82, 2.24) is 5.43 Å². The van der Waals surface area contributed by atoms with Crippen molar-refractivity contribution in [3.05, 3.63) is 35.9 Å². The van der Waals surface area contributed by atoms with Crippen LogP contribution in [0.3, 0.4) is 0 Å². The first kappa shape index (κ1) is 14.5. The van der Waals surface area contributed by atoms with E-state index in [1.54, 1.807) is 0 Å². The number of hydrogen-bond acceptors (Lipinski definition) is 3. The number of hydrazine groups is 1. The molecule has 0 aromatic heterocycles. The lowest BCUT2D eigenvalue weighted by molar-refractivity contribution is -0.0903. The van der Waals surface area contributed by atoms with Crippen LogP contribution >= 0.6 is 0 Å². The summed E-state index contributed by atoms with van der Waals surface area (Å²) < 4.78 is 5.98. The molecular weight excluding hydrogens is 236 g/mol. The van der Waals surface area contributed by atoms with Gasteiger partial charge in [-0.25, -0.2) is 0 Å². The fourth-order valence-corrected chi connectivity index (χ4v) is 2.95. The van der Waals surface area contributed by atoms with E-state index in [0.717, 1.165) is 32.3 Å². The van der Waals surface area contributed by atoms with Crippen molar-refractivity contribution in [3.8, 4) is 0 Å². The molecule has 1 heterocycles. The fraction of sp³-hybridized carbons (Fsp3) is 0.625. The third kappa shape index (κ3) is 4.03. The smallest absolute Gasteiger partial charge is 0.0820 e. The first-order valence-corrected chi connectivity index (χ1v) is 7.38. The van der Waals surface area contributed by atoms with E-state index >= 15 is 0 Å². The van der Waals surface area contributed by atoms with Crippen molar-refractivity contribution < 1.29 is 4.74 Å². The van der Waals surface area contributed by atoms with Crippen LogP contribution in [0.2, 0.25) is 0 Å². The number of aryl methyl sites for hydroxylation is 1. The predicted octanol–water partition coefficient (Wildman–Crippen LogP) is 2.80. The normalized spacial score (nSPS) is 25.2. The molecule has 19 heavy (non-hydrogen) atoms. The number of ether oxygens (including phenoxy) is 1. The summed E-state index contributed by atoms with van der Waals surface area (Å²) in [5, 5.41) is 0. The van der Waals surface area contributed by atoms with E-state index in [0.29, 0.717) is 0 Å². The molecule has 3 nitrogen and oxygen atoms in total. The Morgan fingerprint density at radius 2 is 2.11 bits per heavy atom. The Kier molecular flexibility index (Phi) is 5.37. The lowest BCUT2D eigenvalue weighted by Gasteiger charge is -2.40. The van der Waals surface area contributed by atoms with Crippen LogP contribution in [0.5, 0.6) is 0 Å². The Hall–Kier alpha value is -0.900. The lowest BCUT2D eigenvalue weighted by Crippen LogP contribution is -2.54. The molecule has 1 aliphatic heterocycles. The van der Waals surface area contributed by atoms with Crippen LogP contribution < -0.4 is 11.3 Å². The van der Waals surface area contributed by atoms with E-state index in [2.05, 4.69) is 42.7 Å². The first-order valence-electron chi connectivity index (χ1n) is 7.38. The highest BCUT2D eigenvalue weighted by molar-refractivity contribution is 5.14. The Bertz CT molecular complexity index is 360. The van der Waals surface area contributed by atoms with Gasteiger partial charge in [-0.1, -0.05) is 30.3 Å². The summed E-state index contributed by atoms with van der Waals surface area (Å²) in [4.78, 5) is 0. The third-order valence-electron chi connectivity index (χ3n) is 4.24. The van der Waals surface area contributed by atoms with Crippen LogP contribution in [0.25, 0.3) is 0 Å². The van der Waals surface area contributed by atoms with Gasteiger partial charge in [-0.3, -0.25) is 11.3 Å². The Morgan fingerprint density at radius 3 is 2.74 bits per heavy atom. The number of hydrogen-bond donors (Lipinski definition) is 2. The summed E-state index contributed by atoms with van der Waals surface area (Å²) in [5.74, 6) is 5.74. The molecule has 2 atom stereocenters. The second-order valence-electron chi connectivity index (χ2n) is 5.72. The van der Waals surface area contributed by atoms with Crippen LogP contribution in [0, 0.1) is 0 Å². The number of rotatable bonds is 6. The molecule has 1 aliphatic rings. The van der Waals surface area contributed by atoms with Gasteiger partial charge in [0.2, 0.25) is 0 Å². The molecule has 0 amide bonds. The largest absolute Gasteiger partial charge is 0.374 e. The Labute approximate surface area is 116 Å². The first-order chi connectivity index (χ1) is 9.24. The van der Waals surface area contributed by atoms with Gasteiger partial charge in [0.1, 0.15) is 0 Å². The maximum atomic E-state index is 5.98. The summed E-state index contributed by atoms with van der Waals surface area (Å²) in [5.41, 5.74) is 4.28. The van der Waals surface area contributed by atoms with E-state index in [1.807, 2.05) is 0 Å². The van der Waals surface area contributed by atoms with Crippen molar-refractivity contribution in [3.63, 3.8) is 0 Å². The Balaban J connectivity index is 1.82. The van der Waals surface area contributed by atoms with Crippen LogP contribution in [0.4, 0.5) is 0 Å². The molecule has 2 rings (SSSR count). The van der Waals surface area contributed by atoms with Gasteiger partial charge in [0.25, 0.3) is 0 Å². The molecule has 1 saturated heterocycles. The molecular formula is C16H26N2O. The van der Waals surface area contributed by atoms with Crippen LogP contribution in [0.1, 0.15) is 44.6 Å². The SMILES string of the molecule is CC1(C(CCCc2ccccc2)NN)CCCCO1. The minimum absolute atomic E-state index is 0.0936. The minimum Gasteiger partial charge on any atom is -0.374 e. The average Bonchev–Trinajstić information content (AvgIpc) is 2.45. The molecule has 1 aromatic carbocycles. The maximum Gasteiger partial charge on any atom is 0.0820 e. The van der Waals surface area contributed by atoms with E-state index in [-0.39, 0.29) is 11.6 Å². The lowest BCUT2D eigenvalue weighted by atomic mass is 9.85. The van der Waals surface area contributed by atoms with Crippen LogP contribution in [0.15, 0.2) is 30.3 Å². The van der Waals surface area contributed by atoms with Gasteiger partial charge in [-0.05, 0) is 51.0 Å². The zero-order valence-corrected chi connectivity index (χ0v) is 11.9. The topological polar surface area (TPSA) is 47.3 Å². The number of nitrogens with two attached hydrogens (primary N) is 1. The standard InChI is InChI=1S/C16H26N2O/c1-16(12-5-6-13-19-16)15(18-17)11-7-10-14-8-3-2-4-9-14/h2-4,8-9,15,18H,5-7,10-13,17H2,1H3. The molecule has 3 N–H and O–H groups in total. The molecule has 0 aliphatic carbocycles. The van der Waals surface area contributed by atoms with Gasteiger partial charge >= 0.3 is 0 Å². The maximum absolute atomic E-state index is 5.98. The second kappa shape index (κ2) is 7.04. The van der Waals surface area contributed by atoms with E-state index in [4.69, 9.17) is 10.6 Å². The zero-order valence-electron chi connectivity index (χ0n) is 11.9. The third-order valence-corrected chi connectivity index (χ3v) is 4.24. The van der Waals surface area contributed by atoms with Crippen molar-refractivity contribution >= 4 is 0 Å². The fourth-order valence-electron chi connectivity index (χ4n) is 2.95. The zero-order chi connectivity index (χ0) is 13.6. The predicted molar refractivity (Wildman–Crippen MR) is 78.7 cm³/mol. The van der Waals surface area contributed by atoms with Gasteiger partial charge in [0.15, 0.2) is 0 Å². The van der Waals surface area contributed by atoms with Crippen molar-refractivity contribution in [1.29, 1.82) is 0 Å². The van der Waals surface area contributed by atoms with Crippen molar-refractivity contribution in [2.45, 2.75) is 57.1 Å². The van der Waals surface area contributed by atoms with E-state index in [1.165, 1.54) is 18.4 Å². The molecule has 0 spiro atoms. The van der Waals surface area contributed by atoms with Gasteiger partial charge in [0, 0.05) is 12.6 Å². The molecule has 0 saturated carbocycles. The molecule has 0 radical (unpaired) electrons. The highest BCUT2D eigenvalue weighted by atomic mass is 16.5. The molecule has 3 heteroatoms. The number of benzene rings is 1. The summed E-state index contributed by atoms with van der Waals surface area (Å²) in [6.45, 7) is 3.06. The van der Waals surface area contributed by atoms with Crippen LogP contribution in [-0.4, -0.2) is 18.2 Å². The monoisotopic (exact) mass is 262 g/mol. The minimum atomic E-state index is -0.0936. The van der Waals surface area contributed by atoms with Gasteiger partial charge < -0.3 is 4.74 Å². The molecule has 106 valence electrons. The quantitative estimate of drug-likeness (QED) is 0.612. The molecule has 1 fully saturated rings. The summed E-state index contributed by atoms with van der Waals surface area (Å²) in [6, 6.07) is 10.9. The average molecular weight is 262 g/mol. The van der Waals surface area contributed by atoms with Gasteiger partial charge in [0.05, 0.1) is 5.60 Å². The second-order valence-corrected chi connectivity index (χ2v) is 5.72. The van der Waals surface area contributed by atoms with Gasteiger partial charge in [-0.15, -0.1) is 0 Å². The Morgan fingerprint density at radius 1 is 1.32 bits per heavy atom. The summed E-state index contributed by atoms with van der Waals surface area (Å²) in [7, 11) is 0. The van der Waals surface area contributed by atoms with E-state index in [9.17, 15) is 0 Å². The molecule has 1 aromatic rings. The highest BCUT2D eigenvalue weighted by Crippen LogP contribution is 2.29. The van der Waals surface area contributed by atoms with Gasteiger partial charge in [-0.2, -0.15) is 0 Å². The van der Waals surface area contributed by atoms with E-state index < -0.39 is 0 Å². The summed E-state index contributed by atoms with van der Waals surface area (Å²) >= 11 is 0. The van der Waals surface area contributed by atoms with Crippen molar-refractivity contribution in [2.75, 3.05) is 6.61 Å². The number of nitrogens with one attached hydrogen (secondary N) is 1. The molecule has 0 bridgehead atoms.